The Labute approximate surface area is 161 Å². The number of carbonyl (C=O) groups excluding carboxylic acids is 1. The number of non-ortho nitro benzene ring substituents is 1. The zero-order valence-electron chi connectivity index (χ0n) is 14.7. The fraction of sp³-hybridized carbons (Fsp3) is 0.211. The van der Waals surface area contributed by atoms with E-state index < -0.39 is 22.7 Å². The number of carbonyl (C=O) groups is 1. The third-order valence-electron chi connectivity index (χ3n) is 5.58. The molecule has 1 amide bonds. The molecule has 0 saturated heterocycles. The van der Waals surface area contributed by atoms with Gasteiger partial charge in [0.15, 0.2) is 0 Å². The first-order chi connectivity index (χ1) is 13.7. The highest BCUT2D eigenvalue weighted by atomic mass is 19.4. The van der Waals surface area contributed by atoms with Crippen LogP contribution in [0.25, 0.3) is 10.9 Å². The molecule has 3 heterocycles. The number of aromatic nitrogens is 1. The highest BCUT2D eigenvalue weighted by molar-refractivity contribution is 6.03. The summed E-state index contributed by atoms with van der Waals surface area (Å²) in [6.07, 6.45) is -4.62. The SMILES string of the molecule is O=C1c2cc([N+](=O)[O-])ccc2NC2(C(F)(F)F)c3[nH]c4ccccc4c3CCN12. The molecular formula is C19H13F3N4O3. The minimum Gasteiger partial charge on any atom is -0.354 e. The lowest BCUT2D eigenvalue weighted by Crippen LogP contribution is -2.67. The summed E-state index contributed by atoms with van der Waals surface area (Å²) in [6.45, 7) is -0.178. The lowest BCUT2D eigenvalue weighted by molar-refractivity contribution is -0.384. The molecule has 2 aliphatic rings. The Kier molecular flexibility index (Phi) is 3.32. The maximum atomic E-state index is 14.6. The number of benzene rings is 2. The molecule has 3 aromatic rings. The Hall–Kier alpha value is -3.56. The van der Waals surface area contributed by atoms with E-state index in [2.05, 4.69) is 10.3 Å². The summed E-state index contributed by atoms with van der Waals surface area (Å²) in [5.74, 6) is -0.899. The van der Waals surface area contributed by atoms with E-state index in [-0.39, 0.29) is 35.6 Å². The van der Waals surface area contributed by atoms with Crippen molar-refractivity contribution in [3.8, 4) is 0 Å². The normalized spacial score (nSPS) is 20.7. The van der Waals surface area contributed by atoms with Crippen molar-refractivity contribution in [2.45, 2.75) is 18.3 Å². The van der Waals surface area contributed by atoms with Crippen molar-refractivity contribution >= 4 is 28.2 Å². The third-order valence-corrected chi connectivity index (χ3v) is 5.58. The number of fused-ring (bicyclic) bond motifs is 6. The molecule has 5 rings (SSSR count). The van der Waals surface area contributed by atoms with Gasteiger partial charge < -0.3 is 15.2 Å². The van der Waals surface area contributed by atoms with Gasteiger partial charge in [0, 0.05) is 35.3 Å². The number of nitro benzene ring substituents is 1. The molecule has 7 nitrogen and oxygen atoms in total. The maximum absolute atomic E-state index is 14.6. The van der Waals surface area contributed by atoms with Crippen LogP contribution in [0.5, 0.6) is 0 Å². The number of hydrogen-bond donors (Lipinski definition) is 2. The summed E-state index contributed by atoms with van der Waals surface area (Å²) in [7, 11) is 0. The van der Waals surface area contributed by atoms with Gasteiger partial charge in [0.1, 0.15) is 0 Å². The fourth-order valence-electron chi connectivity index (χ4n) is 4.32. The van der Waals surface area contributed by atoms with Crippen LogP contribution in [0.4, 0.5) is 24.5 Å². The number of aromatic amines is 1. The molecule has 10 heteroatoms. The monoisotopic (exact) mass is 402 g/mol. The van der Waals surface area contributed by atoms with Crippen molar-refractivity contribution in [2.24, 2.45) is 0 Å². The number of amides is 1. The zero-order valence-corrected chi connectivity index (χ0v) is 14.7. The summed E-state index contributed by atoms with van der Waals surface area (Å²) in [4.78, 5) is 27.0. The first-order valence-electron chi connectivity index (χ1n) is 8.79. The van der Waals surface area contributed by atoms with E-state index in [1.54, 1.807) is 24.3 Å². The second-order valence-electron chi connectivity index (χ2n) is 7.05. The van der Waals surface area contributed by atoms with Gasteiger partial charge in [-0.05, 0) is 24.1 Å². The van der Waals surface area contributed by atoms with Gasteiger partial charge in [0.2, 0.25) is 0 Å². The summed E-state index contributed by atoms with van der Waals surface area (Å²) >= 11 is 0. The molecule has 29 heavy (non-hydrogen) atoms. The highest BCUT2D eigenvalue weighted by Crippen LogP contribution is 2.52. The number of rotatable bonds is 1. The third kappa shape index (κ3) is 2.16. The summed E-state index contributed by atoms with van der Waals surface area (Å²) in [5.41, 5.74) is -2.47. The van der Waals surface area contributed by atoms with Crippen molar-refractivity contribution in [2.75, 3.05) is 11.9 Å². The van der Waals surface area contributed by atoms with Crippen LogP contribution in [-0.4, -0.2) is 33.4 Å². The van der Waals surface area contributed by atoms with Crippen LogP contribution in [0, 0.1) is 10.1 Å². The Morgan fingerprint density at radius 3 is 2.66 bits per heavy atom. The molecule has 0 spiro atoms. The first-order valence-corrected chi connectivity index (χ1v) is 8.79. The smallest absolute Gasteiger partial charge is 0.354 e. The molecule has 2 N–H and O–H groups in total. The van der Waals surface area contributed by atoms with E-state index in [1.165, 1.54) is 0 Å². The number of nitrogens with zero attached hydrogens (tertiary/aromatic N) is 2. The Bertz CT molecular complexity index is 1200. The number of halogens is 3. The molecule has 0 bridgehead atoms. The number of hydrogen-bond acceptors (Lipinski definition) is 4. The molecule has 1 atom stereocenters. The van der Waals surface area contributed by atoms with Gasteiger partial charge in [-0.25, -0.2) is 0 Å². The average molecular weight is 402 g/mol. The summed E-state index contributed by atoms with van der Waals surface area (Å²) < 4.78 is 43.7. The van der Waals surface area contributed by atoms with Crippen LogP contribution in [0.3, 0.4) is 0 Å². The van der Waals surface area contributed by atoms with Crippen molar-refractivity contribution < 1.29 is 22.9 Å². The number of para-hydroxylation sites is 1. The van der Waals surface area contributed by atoms with Gasteiger partial charge in [-0.1, -0.05) is 18.2 Å². The van der Waals surface area contributed by atoms with Gasteiger partial charge in [-0.3, -0.25) is 14.9 Å². The quantitative estimate of drug-likeness (QED) is 0.477. The minimum absolute atomic E-state index is 0.0966. The molecule has 2 aromatic carbocycles. The number of H-pyrrole nitrogens is 1. The van der Waals surface area contributed by atoms with Crippen molar-refractivity contribution in [1.82, 2.24) is 9.88 Å². The van der Waals surface area contributed by atoms with E-state index in [0.29, 0.717) is 16.5 Å². The van der Waals surface area contributed by atoms with Crippen LogP contribution in [0.15, 0.2) is 42.5 Å². The van der Waals surface area contributed by atoms with Gasteiger partial charge >= 0.3 is 6.18 Å². The predicted octanol–water partition coefficient (Wildman–Crippen LogP) is 3.92. The molecule has 0 aliphatic carbocycles. The lowest BCUT2D eigenvalue weighted by Gasteiger charge is -2.50. The van der Waals surface area contributed by atoms with Crippen molar-refractivity contribution in [3.63, 3.8) is 0 Å². The standard InChI is InChI=1S/C19H13F3N4O3/c20-19(21,22)18-16-12(11-3-1-2-4-14(11)23-16)7-8-25(18)17(27)13-9-10(26(28)29)5-6-15(13)24-18/h1-6,9,23-24H,7-8H2. The zero-order chi connectivity index (χ0) is 20.6. The number of anilines is 1. The molecule has 1 unspecified atom stereocenters. The van der Waals surface area contributed by atoms with E-state index in [1.807, 2.05) is 0 Å². The number of nitrogens with one attached hydrogen (secondary N) is 2. The summed E-state index contributed by atoms with van der Waals surface area (Å²) in [6, 6.07) is 10.1. The second kappa shape index (κ2) is 5.49. The van der Waals surface area contributed by atoms with Crippen LogP contribution in [-0.2, 0) is 12.1 Å². The molecule has 0 radical (unpaired) electrons. The largest absolute Gasteiger partial charge is 0.436 e. The second-order valence-corrected chi connectivity index (χ2v) is 7.05. The molecular weight excluding hydrogens is 389 g/mol. The number of nitro groups is 1. The lowest BCUT2D eigenvalue weighted by atomic mass is 9.87. The first kappa shape index (κ1) is 17.5. The van der Waals surface area contributed by atoms with Crippen LogP contribution in [0.2, 0.25) is 0 Å². The van der Waals surface area contributed by atoms with Crippen LogP contribution >= 0.6 is 0 Å². The van der Waals surface area contributed by atoms with Crippen LogP contribution < -0.4 is 5.32 Å². The topological polar surface area (TPSA) is 91.3 Å². The Balaban J connectivity index is 1.79. The van der Waals surface area contributed by atoms with E-state index >= 15 is 0 Å². The minimum atomic E-state index is -4.85. The Morgan fingerprint density at radius 1 is 1.17 bits per heavy atom. The molecule has 2 aliphatic heterocycles. The molecule has 0 fully saturated rings. The predicted molar refractivity (Wildman–Crippen MR) is 97.5 cm³/mol. The maximum Gasteiger partial charge on any atom is 0.436 e. The van der Waals surface area contributed by atoms with Crippen LogP contribution in [0.1, 0.15) is 21.6 Å². The molecule has 148 valence electrons. The van der Waals surface area contributed by atoms with E-state index in [9.17, 15) is 28.1 Å². The summed E-state index contributed by atoms with van der Waals surface area (Å²) in [5, 5.41) is 14.2. The highest BCUT2D eigenvalue weighted by Gasteiger charge is 2.66. The van der Waals surface area contributed by atoms with Gasteiger partial charge in [-0.2, -0.15) is 13.2 Å². The number of alkyl halides is 3. The van der Waals surface area contributed by atoms with Crippen molar-refractivity contribution in [3.05, 3.63) is 69.4 Å². The Morgan fingerprint density at radius 2 is 1.93 bits per heavy atom. The van der Waals surface area contributed by atoms with Gasteiger partial charge in [0.25, 0.3) is 17.3 Å². The van der Waals surface area contributed by atoms with Gasteiger partial charge in [0.05, 0.1) is 16.2 Å². The van der Waals surface area contributed by atoms with Gasteiger partial charge in [-0.15, -0.1) is 0 Å². The van der Waals surface area contributed by atoms with E-state index in [4.69, 9.17) is 0 Å². The fourth-order valence-corrected chi connectivity index (χ4v) is 4.32. The van der Waals surface area contributed by atoms with E-state index in [0.717, 1.165) is 23.1 Å². The molecule has 1 aromatic heterocycles. The average Bonchev–Trinajstić information content (AvgIpc) is 3.06. The molecule has 0 saturated carbocycles. The van der Waals surface area contributed by atoms with Crippen molar-refractivity contribution in [1.29, 1.82) is 0 Å².